The number of carbonyl (C=O) groups is 2. The first-order valence-electron chi connectivity index (χ1n) is 2.64. The van der Waals surface area contributed by atoms with Crippen molar-refractivity contribution in [1.82, 2.24) is 5.32 Å². The quantitative estimate of drug-likeness (QED) is 0.470. The van der Waals surface area contributed by atoms with Crippen LogP contribution in [0.5, 0.6) is 0 Å². The smallest absolute Gasteiger partial charge is 0.320 e. The third-order valence-electron chi connectivity index (χ3n) is 0.413. The summed E-state index contributed by atoms with van der Waals surface area (Å²) in [6.45, 7) is 6.72. The van der Waals surface area contributed by atoms with Crippen molar-refractivity contribution in [2.75, 3.05) is 0 Å². The van der Waals surface area contributed by atoms with Gasteiger partial charge in [0, 0.05) is 0 Å². The lowest BCUT2D eigenvalue weighted by molar-refractivity contribution is 0.236. The van der Waals surface area contributed by atoms with Gasteiger partial charge in [-0.15, -0.1) is 0 Å². The third-order valence-corrected chi connectivity index (χ3v) is 0.413. The Hall–Kier alpha value is -1.78. The second-order valence-corrected chi connectivity index (χ2v) is 1.32. The van der Waals surface area contributed by atoms with Gasteiger partial charge in [-0.25, -0.2) is 9.59 Å². The van der Waals surface area contributed by atoms with Gasteiger partial charge in [0.15, 0.2) is 0 Å². The molecule has 0 aliphatic carbocycles. The highest BCUT2D eigenvalue weighted by atomic mass is 16.2. The van der Waals surface area contributed by atoms with Crippen LogP contribution in [-0.2, 0) is 0 Å². The Morgan fingerprint density at radius 3 is 1.36 bits per heavy atom. The maximum atomic E-state index is 9.62. The summed E-state index contributed by atoms with van der Waals surface area (Å²) < 4.78 is 0. The standard InChI is InChI=1S/C4H6.C2H5N3O2/c1-3-4-2;3-1(6)5-2(4)7/h3-4H,1-2H2;(H5,3,4,5,6,7). The van der Waals surface area contributed by atoms with Crippen molar-refractivity contribution >= 4 is 12.1 Å². The zero-order chi connectivity index (χ0) is 9.28. The van der Waals surface area contributed by atoms with Crippen LogP contribution in [0.2, 0.25) is 0 Å². The molecular formula is C6H11N3O2. The van der Waals surface area contributed by atoms with Crippen LogP contribution in [0.25, 0.3) is 0 Å². The molecule has 5 nitrogen and oxygen atoms in total. The van der Waals surface area contributed by atoms with E-state index in [9.17, 15) is 9.59 Å². The van der Waals surface area contributed by atoms with E-state index >= 15 is 0 Å². The second-order valence-electron chi connectivity index (χ2n) is 1.32. The third kappa shape index (κ3) is 30.7. The summed E-state index contributed by atoms with van der Waals surface area (Å²) in [5.41, 5.74) is 8.88. The van der Waals surface area contributed by atoms with Crippen molar-refractivity contribution in [3.8, 4) is 0 Å². The van der Waals surface area contributed by atoms with Gasteiger partial charge in [0.2, 0.25) is 0 Å². The first-order chi connectivity index (χ1) is 5.04. The number of amides is 4. The summed E-state index contributed by atoms with van der Waals surface area (Å²) in [5, 5.41) is 1.58. The molecule has 0 aromatic carbocycles. The topological polar surface area (TPSA) is 98.2 Å². The Bertz CT molecular complexity index is 147. The Balaban J connectivity index is 0. The molecule has 0 bridgehead atoms. The summed E-state index contributed by atoms with van der Waals surface area (Å²) in [4.78, 5) is 19.2. The molecule has 11 heavy (non-hydrogen) atoms. The Morgan fingerprint density at radius 2 is 1.36 bits per heavy atom. The number of urea groups is 2. The molecule has 0 saturated carbocycles. The zero-order valence-electron chi connectivity index (χ0n) is 6.04. The van der Waals surface area contributed by atoms with E-state index in [4.69, 9.17) is 0 Å². The van der Waals surface area contributed by atoms with Crippen LogP contribution in [0.3, 0.4) is 0 Å². The largest absolute Gasteiger partial charge is 0.351 e. The summed E-state index contributed by atoms with van der Waals surface area (Å²) in [6.07, 6.45) is 3.28. The molecule has 0 fully saturated rings. The highest BCUT2D eigenvalue weighted by Gasteiger charge is 1.92. The maximum Gasteiger partial charge on any atom is 0.320 e. The number of primary amides is 2. The van der Waals surface area contributed by atoms with E-state index < -0.39 is 12.1 Å². The average molecular weight is 157 g/mol. The van der Waals surface area contributed by atoms with Gasteiger partial charge in [-0.1, -0.05) is 25.3 Å². The lowest BCUT2D eigenvalue weighted by atomic mass is 10.6. The van der Waals surface area contributed by atoms with Crippen LogP contribution >= 0.6 is 0 Å². The summed E-state index contributed by atoms with van der Waals surface area (Å²) >= 11 is 0. The molecule has 0 spiro atoms. The molecule has 0 heterocycles. The van der Waals surface area contributed by atoms with Crippen LogP contribution in [0, 0.1) is 0 Å². The van der Waals surface area contributed by atoms with E-state index in [1.807, 2.05) is 0 Å². The van der Waals surface area contributed by atoms with Gasteiger partial charge < -0.3 is 11.5 Å². The van der Waals surface area contributed by atoms with Crippen LogP contribution < -0.4 is 16.8 Å². The highest BCUT2D eigenvalue weighted by molar-refractivity contribution is 5.91. The van der Waals surface area contributed by atoms with E-state index in [-0.39, 0.29) is 0 Å². The molecule has 0 atom stereocenters. The molecule has 0 rings (SSSR count). The SMILES string of the molecule is C=CC=C.NC(=O)NC(N)=O. The minimum atomic E-state index is -0.938. The fourth-order valence-corrected chi connectivity index (χ4v) is 0.121. The summed E-state index contributed by atoms with van der Waals surface area (Å²) in [7, 11) is 0. The van der Waals surface area contributed by atoms with E-state index in [2.05, 4.69) is 24.6 Å². The lowest BCUT2D eigenvalue weighted by Crippen LogP contribution is -2.38. The minimum absolute atomic E-state index is 0.937. The monoisotopic (exact) mass is 157 g/mol. The molecule has 0 unspecified atom stereocenters. The molecule has 0 radical (unpaired) electrons. The average Bonchev–Trinajstić information content (AvgIpc) is 1.85. The molecule has 0 aromatic rings. The predicted octanol–water partition coefficient (Wildman–Crippen LogP) is 0.0918. The van der Waals surface area contributed by atoms with Crippen molar-refractivity contribution in [1.29, 1.82) is 0 Å². The van der Waals surface area contributed by atoms with Gasteiger partial charge >= 0.3 is 12.1 Å². The fraction of sp³-hybridized carbons (Fsp3) is 0. The van der Waals surface area contributed by atoms with Crippen LogP contribution in [0.4, 0.5) is 9.59 Å². The molecule has 0 aliphatic rings. The van der Waals surface area contributed by atoms with Crippen molar-refractivity contribution in [2.45, 2.75) is 0 Å². The van der Waals surface area contributed by atoms with Gasteiger partial charge in [0.05, 0.1) is 0 Å². The Labute approximate surface area is 64.7 Å². The van der Waals surface area contributed by atoms with Gasteiger partial charge in [0.25, 0.3) is 0 Å². The molecule has 4 amide bonds. The van der Waals surface area contributed by atoms with Crippen molar-refractivity contribution < 1.29 is 9.59 Å². The normalized spacial score (nSPS) is 6.55. The number of hydrogen-bond donors (Lipinski definition) is 3. The minimum Gasteiger partial charge on any atom is -0.351 e. The van der Waals surface area contributed by atoms with Gasteiger partial charge in [-0.05, 0) is 0 Å². The number of nitrogens with two attached hydrogens (primary N) is 2. The Morgan fingerprint density at radius 1 is 1.09 bits per heavy atom. The van der Waals surface area contributed by atoms with Crippen molar-refractivity contribution in [3.05, 3.63) is 25.3 Å². The first kappa shape index (κ1) is 12.0. The molecule has 0 aromatic heterocycles. The van der Waals surface area contributed by atoms with E-state index in [0.29, 0.717) is 0 Å². The first-order valence-corrected chi connectivity index (χ1v) is 2.64. The molecule has 62 valence electrons. The number of rotatable bonds is 1. The van der Waals surface area contributed by atoms with Crippen LogP contribution in [0.1, 0.15) is 0 Å². The van der Waals surface area contributed by atoms with Crippen molar-refractivity contribution in [3.63, 3.8) is 0 Å². The zero-order valence-corrected chi connectivity index (χ0v) is 6.04. The van der Waals surface area contributed by atoms with Gasteiger partial charge in [0.1, 0.15) is 0 Å². The number of imide groups is 1. The Kier molecular flexibility index (Phi) is 8.93. The molecule has 0 aliphatic heterocycles. The highest BCUT2D eigenvalue weighted by Crippen LogP contribution is 1.52. The molecule has 5 N–H and O–H groups in total. The van der Waals surface area contributed by atoms with Gasteiger partial charge in [-0.2, -0.15) is 0 Å². The second kappa shape index (κ2) is 8.22. The van der Waals surface area contributed by atoms with E-state index in [1.54, 1.807) is 17.5 Å². The van der Waals surface area contributed by atoms with E-state index in [1.165, 1.54) is 0 Å². The van der Waals surface area contributed by atoms with Crippen LogP contribution in [0.15, 0.2) is 25.3 Å². The van der Waals surface area contributed by atoms with Crippen LogP contribution in [-0.4, -0.2) is 12.1 Å². The number of allylic oxidation sites excluding steroid dienone is 2. The maximum absolute atomic E-state index is 9.62. The summed E-state index contributed by atoms with van der Waals surface area (Å²) in [6, 6.07) is -1.88. The van der Waals surface area contributed by atoms with Gasteiger partial charge in [-0.3, -0.25) is 5.32 Å². The number of carbonyl (C=O) groups excluding carboxylic acids is 2. The molecule has 0 saturated heterocycles. The summed E-state index contributed by atoms with van der Waals surface area (Å²) in [5.74, 6) is 0. The number of nitrogens with one attached hydrogen (secondary N) is 1. The lowest BCUT2D eigenvalue weighted by Gasteiger charge is -1.88. The predicted molar refractivity (Wildman–Crippen MR) is 42.7 cm³/mol. The van der Waals surface area contributed by atoms with E-state index in [0.717, 1.165) is 0 Å². The molecular weight excluding hydrogens is 146 g/mol. The number of hydrogen-bond acceptors (Lipinski definition) is 2. The van der Waals surface area contributed by atoms with Crippen molar-refractivity contribution in [2.24, 2.45) is 11.5 Å². The fourth-order valence-electron chi connectivity index (χ4n) is 0.121. The molecule has 5 heteroatoms.